The summed E-state index contributed by atoms with van der Waals surface area (Å²) < 4.78 is 28.2. The number of aromatic nitrogens is 2. The Morgan fingerprint density at radius 1 is 1.19 bits per heavy atom. The summed E-state index contributed by atoms with van der Waals surface area (Å²) in [6.45, 7) is 3.95. The molecule has 0 unspecified atom stereocenters. The van der Waals surface area contributed by atoms with Crippen molar-refractivity contribution in [2.24, 2.45) is 0 Å². The van der Waals surface area contributed by atoms with Crippen LogP contribution in [0.25, 0.3) is 16.6 Å². The third-order valence-electron chi connectivity index (χ3n) is 4.60. The Morgan fingerprint density at radius 3 is 2.65 bits per heavy atom. The van der Waals surface area contributed by atoms with Crippen LogP contribution in [0.2, 0.25) is 0 Å². The van der Waals surface area contributed by atoms with Crippen molar-refractivity contribution in [2.45, 2.75) is 31.9 Å². The van der Waals surface area contributed by atoms with Crippen LogP contribution in [0.15, 0.2) is 42.9 Å². The van der Waals surface area contributed by atoms with Crippen LogP contribution in [0.4, 0.5) is 0 Å². The highest BCUT2D eigenvalue weighted by atomic mass is 32.2. The van der Waals surface area contributed by atoms with E-state index in [0.29, 0.717) is 18.4 Å². The van der Waals surface area contributed by atoms with Crippen LogP contribution in [-0.4, -0.2) is 29.1 Å². The normalized spacial score (nSPS) is 14.5. The summed E-state index contributed by atoms with van der Waals surface area (Å²) in [5.41, 5.74) is 4.28. The van der Waals surface area contributed by atoms with Crippen molar-refractivity contribution >= 4 is 26.8 Å². The maximum absolute atomic E-state index is 12.4. The molecule has 7 heteroatoms. The van der Waals surface area contributed by atoms with E-state index in [1.807, 2.05) is 36.7 Å². The van der Waals surface area contributed by atoms with E-state index in [4.69, 9.17) is 0 Å². The van der Waals surface area contributed by atoms with E-state index in [-0.39, 0.29) is 0 Å². The SMILES string of the molecule is Cc1cncc(-n2cc(C)c3cc(C(=O)NS(=O)(=O)C4CC4)ccc32)c1. The summed E-state index contributed by atoms with van der Waals surface area (Å²) in [5.74, 6) is -0.580. The predicted molar refractivity (Wildman–Crippen MR) is 100.0 cm³/mol. The third kappa shape index (κ3) is 2.99. The van der Waals surface area contributed by atoms with E-state index in [9.17, 15) is 13.2 Å². The number of fused-ring (bicyclic) bond motifs is 1. The minimum Gasteiger partial charge on any atom is -0.315 e. The zero-order chi connectivity index (χ0) is 18.5. The second-order valence-corrected chi connectivity index (χ2v) is 8.77. The van der Waals surface area contributed by atoms with Crippen LogP contribution < -0.4 is 4.72 Å². The third-order valence-corrected chi connectivity index (χ3v) is 6.42. The molecule has 0 aliphatic heterocycles. The minimum absolute atomic E-state index is 0.338. The van der Waals surface area contributed by atoms with Crippen LogP contribution >= 0.6 is 0 Å². The van der Waals surface area contributed by atoms with E-state index >= 15 is 0 Å². The molecule has 4 rings (SSSR count). The molecule has 2 heterocycles. The fourth-order valence-electron chi connectivity index (χ4n) is 3.07. The Kier molecular flexibility index (Phi) is 3.84. The van der Waals surface area contributed by atoms with Gasteiger partial charge in [0.15, 0.2) is 0 Å². The Hall–Kier alpha value is -2.67. The first kappa shape index (κ1) is 16.8. The van der Waals surface area contributed by atoms with Crippen molar-refractivity contribution in [2.75, 3.05) is 0 Å². The highest BCUT2D eigenvalue weighted by Gasteiger charge is 2.37. The minimum atomic E-state index is -3.55. The molecule has 0 radical (unpaired) electrons. The second kappa shape index (κ2) is 5.95. The molecule has 1 amide bonds. The lowest BCUT2D eigenvalue weighted by molar-refractivity contribution is 0.0981. The van der Waals surface area contributed by atoms with Gasteiger partial charge >= 0.3 is 0 Å². The van der Waals surface area contributed by atoms with Gasteiger partial charge in [-0.1, -0.05) is 0 Å². The lowest BCUT2D eigenvalue weighted by Gasteiger charge is -2.08. The zero-order valence-electron chi connectivity index (χ0n) is 14.6. The first-order valence-corrected chi connectivity index (χ1v) is 9.99. The number of nitrogens with one attached hydrogen (secondary N) is 1. The van der Waals surface area contributed by atoms with Crippen molar-refractivity contribution in [1.29, 1.82) is 0 Å². The highest BCUT2D eigenvalue weighted by molar-refractivity contribution is 7.91. The number of sulfonamides is 1. The van der Waals surface area contributed by atoms with E-state index in [0.717, 1.165) is 27.7 Å². The summed E-state index contributed by atoms with van der Waals surface area (Å²) in [6.07, 6.45) is 6.81. The van der Waals surface area contributed by atoms with Gasteiger partial charge in [0.05, 0.1) is 22.7 Å². The van der Waals surface area contributed by atoms with Crippen LogP contribution in [-0.2, 0) is 10.0 Å². The fourth-order valence-corrected chi connectivity index (χ4v) is 4.37. The Bertz CT molecular complexity index is 1130. The zero-order valence-corrected chi connectivity index (χ0v) is 15.4. The average Bonchev–Trinajstić information content (AvgIpc) is 3.40. The van der Waals surface area contributed by atoms with Gasteiger partial charge in [0, 0.05) is 23.3 Å². The number of amides is 1. The summed E-state index contributed by atoms with van der Waals surface area (Å²) in [4.78, 5) is 16.6. The first-order valence-electron chi connectivity index (χ1n) is 8.45. The number of aryl methyl sites for hydroxylation is 2. The molecule has 2 aromatic heterocycles. The van der Waals surface area contributed by atoms with E-state index in [2.05, 4.69) is 9.71 Å². The number of nitrogens with zero attached hydrogens (tertiary/aromatic N) is 2. The van der Waals surface area contributed by atoms with Crippen molar-refractivity contribution in [3.8, 4) is 5.69 Å². The molecule has 3 aromatic rings. The lowest BCUT2D eigenvalue weighted by Crippen LogP contribution is -2.33. The molecule has 26 heavy (non-hydrogen) atoms. The number of hydrogen-bond acceptors (Lipinski definition) is 4. The predicted octanol–water partition coefficient (Wildman–Crippen LogP) is 2.86. The van der Waals surface area contributed by atoms with Gasteiger partial charge in [-0.05, 0) is 62.1 Å². The molecule has 1 fully saturated rings. The van der Waals surface area contributed by atoms with Gasteiger partial charge in [0.1, 0.15) is 0 Å². The number of benzene rings is 1. The molecule has 0 bridgehead atoms. The Labute approximate surface area is 151 Å². The summed E-state index contributed by atoms with van der Waals surface area (Å²) in [5, 5.41) is 0.481. The largest absolute Gasteiger partial charge is 0.315 e. The van der Waals surface area contributed by atoms with E-state index in [1.165, 1.54) is 0 Å². The molecule has 0 atom stereocenters. The second-order valence-electron chi connectivity index (χ2n) is 6.81. The fraction of sp³-hybridized carbons (Fsp3) is 0.263. The van der Waals surface area contributed by atoms with Gasteiger partial charge in [0.25, 0.3) is 5.91 Å². The van der Waals surface area contributed by atoms with Gasteiger partial charge in [-0.15, -0.1) is 0 Å². The molecule has 0 saturated heterocycles. The molecule has 1 N–H and O–H groups in total. The van der Waals surface area contributed by atoms with Gasteiger partial charge < -0.3 is 4.57 Å². The molecule has 0 spiro atoms. The summed E-state index contributed by atoms with van der Waals surface area (Å²) >= 11 is 0. The number of carbonyl (C=O) groups excluding carboxylic acids is 1. The maximum atomic E-state index is 12.4. The summed E-state index contributed by atoms with van der Waals surface area (Å²) in [6, 6.07) is 7.26. The molecule has 1 saturated carbocycles. The van der Waals surface area contributed by atoms with Crippen molar-refractivity contribution in [1.82, 2.24) is 14.3 Å². The van der Waals surface area contributed by atoms with Crippen LogP contribution in [0.1, 0.15) is 34.3 Å². The maximum Gasteiger partial charge on any atom is 0.264 e. The van der Waals surface area contributed by atoms with E-state index in [1.54, 1.807) is 24.5 Å². The number of pyridine rings is 1. The molecule has 1 aromatic carbocycles. The molecule has 6 nitrogen and oxygen atoms in total. The number of rotatable bonds is 4. The average molecular weight is 369 g/mol. The number of carbonyl (C=O) groups is 1. The number of hydrogen-bond donors (Lipinski definition) is 1. The van der Waals surface area contributed by atoms with Gasteiger partial charge in [-0.3, -0.25) is 9.78 Å². The van der Waals surface area contributed by atoms with Crippen molar-refractivity contribution in [3.05, 3.63) is 59.5 Å². The van der Waals surface area contributed by atoms with E-state index < -0.39 is 21.2 Å². The molecular weight excluding hydrogens is 350 g/mol. The van der Waals surface area contributed by atoms with Crippen LogP contribution in [0.3, 0.4) is 0 Å². The first-order chi connectivity index (χ1) is 12.3. The smallest absolute Gasteiger partial charge is 0.264 e. The van der Waals surface area contributed by atoms with Crippen molar-refractivity contribution < 1.29 is 13.2 Å². The molecular formula is C19H19N3O3S. The molecule has 1 aliphatic rings. The van der Waals surface area contributed by atoms with Crippen LogP contribution in [0, 0.1) is 13.8 Å². The molecule has 1 aliphatic carbocycles. The van der Waals surface area contributed by atoms with Gasteiger partial charge in [0.2, 0.25) is 10.0 Å². The standard InChI is InChI=1S/C19H19N3O3S/c1-12-7-15(10-20-9-12)22-11-13(2)17-8-14(3-6-18(17)22)19(23)21-26(24,25)16-4-5-16/h3,6-11,16H,4-5H2,1-2H3,(H,21,23). The summed E-state index contributed by atoms with van der Waals surface area (Å²) in [7, 11) is -3.55. The van der Waals surface area contributed by atoms with Gasteiger partial charge in [-0.2, -0.15) is 0 Å². The highest BCUT2D eigenvalue weighted by Crippen LogP contribution is 2.28. The lowest BCUT2D eigenvalue weighted by atomic mass is 10.1. The Morgan fingerprint density at radius 2 is 1.96 bits per heavy atom. The Balaban J connectivity index is 1.72. The molecule has 134 valence electrons. The topological polar surface area (TPSA) is 81.1 Å². The van der Waals surface area contributed by atoms with Crippen LogP contribution in [0.5, 0.6) is 0 Å². The van der Waals surface area contributed by atoms with Crippen molar-refractivity contribution in [3.63, 3.8) is 0 Å². The quantitative estimate of drug-likeness (QED) is 0.767. The monoisotopic (exact) mass is 369 g/mol. The van der Waals surface area contributed by atoms with Gasteiger partial charge in [-0.25, -0.2) is 13.1 Å².